The lowest BCUT2D eigenvalue weighted by atomic mass is 10.1. The van der Waals surface area contributed by atoms with Crippen LogP contribution in [-0.2, 0) is 14.8 Å². The Bertz CT molecular complexity index is 894. The summed E-state index contributed by atoms with van der Waals surface area (Å²) < 4.78 is 32.6. The van der Waals surface area contributed by atoms with Gasteiger partial charge in [-0.05, 0) is 82.1 Å². The number of ether oxygens (including phenoxy) is 1. The van der Waals surface area contributed by atoms with Gasteiger partial charge >= 0.3 is 0 Å². The van der Waals surface area contributed by atoms with Gasteiger partial charge in [0.1, 0.15) is 5.75 Å². The third-order valence-corrected chi connectivity index (χ3v) is 5.22. The van der Waals surface area contributed by atoms with Crippen molar-refractivity contribution in [3.63, 3.8) is 0 Å². The molecule has 0 spiro atoms. The fraction of sp³-hybridized carbons (Fsp3) is 0.350. The van der Waals surface area contributed by atoms with E-state index >= 15 is 0 Å². The van der Waals surface area contributed by atoms with Crippen molar-refractivity contribution in [2.75, 3.05) is 11.9 Å². The number of sulfonamides is 1. The first kappa shape index (κ1) is 20.9. The van der Waals surface area contributed by atoms with E-state index < -0.39 is 15.6 Å². The molecular formula is C20H26N2O4S. The van der Waals surface area contributed by atoms with Crippen LogP contribution in [0.1, 0.15) is 31.9 Å². The van der Waals surface area contributed by atoms with E-state index in [1.54, 1.807) is 20.8 Å². The molecule has 0 fully saturated rings. The highest BCUT2D eigenvalue weighted by molar-refractivity contribution is 7.89. The third-order valence-electron chi connectivity index (χ3n) is 3.45. The van der Waals surface area contributed by atoms with Crippen LogP contribution in [-0.4, -0.2) is 26.5 Å². The van der Waals surface area contributed by atoms with Crippen molar-refractivity contribution >= 4 is 21.6 Å². The van der Waals surface area contributed by atoms with E-state index in [1.807, 2.05) is 32.0 Å². The minimum Gasteiger partial charge on any atom is -0.484 e. The van der Waals surface area contributed by atoms with Crippen molar-refractivity contribution in [2.24, 2.45) is 0 Å². The first-order chi connectivity index (χ1) is 12.4. The molecule has 0 aliphatic rings. The molecule has 0 aliphatic carbocycles. The molecule has 146 valence electrons. The van der Waals surface area contributed by atoms with Crippen LogP contribution in [0.3, 0.4) is 0 Å². The Hall–Kier alpha value is -2.38. The van der Waals surface area contributed by atoms with Gasteiger partial charge in [0.25, 0.3) is 5.91 Å². The molecule has 0 heterocycles. The van der Waals surface area contributed by atoms with Gasteiger partial charge < -0.3 is 10.1 Å². The molecule has 0 saturated heterocycles. The lowest BCUT2D eigenvalue weighted by molar-refractivity contribution is -0.118. The number of rotatable bonds is 6. The summed E-state index contributed by atoms with van der Waals surface area (Å²) in [5.41, 5.74) is 2.27. The Morgan fingerprint density at radius 2 is 1.56 bits per heavy atom. The summed E-state index contributed by atoms with van der Waals surface area (Å²) in [6.07, 6.45) is 0. The van der Waals surface area contributed by atoms with Gasteiger partial charge in [-0.25, -0.2) is 13.1 Å². The summed E-state index contributed by atoms with van der Waals surface area (Å²) in [4.78, 5) is 12.2. The zero-order valence-electron chi connectivity index (χ0n) is 16.3. The Morgan fingerprint density at radius 3 is 2.07 bits per heavy atom. The number of hydrogen-bond acceptors (Lipinski definition) is 4. The van der Waals surface area contributed by atoms with Crippen LogP contribution in [0.5, 0.6) is 5.75 Å². The molecule has 0 bridgehead atoms. The first-order valence-electron chi connectivity index (χ1n) is 8.60. The average molecular weight is 391 g/mol. The van der Waals surface area contributed by atoms with Crippen molar-refractivity contribution < 1.29 is 17.9 Å². The molecule has 27 heavy (non-hydrogen) atoms. The van der Waals surface area contributed by atoms with E-state index in [-0.39, 0.29) is 17.4 Å². The van der Waals surface area contributed by atoms with E-state index in [0.29, 0.717) is 5.75 Å². The largest absolute Gasteiger partial charge is 0.484 e. The normalized spacial score (nSPS) is 11.9. The lowest BCUT2D eigenvalue weighted by Crippen LogP contribution is -2.40. The number of aryl methyl sites for hydroxylation is 2. The maximum absolute atomic E-state index is 12.3. The predicted molar refractivity (Wildman–Crippen MR) is 107 cm³/mol. The Balaban J connectivity index is 1.95. The van der Waals surface area contributed by atoms with Crippen LogP contribution in [0, 0.1) is 13.8 Å². The van der Waals surface area contributed by atoms with Crippen molar-refractivity contribution in [1.82, 2.24) is 4.72 Å². The van der Waals surface area contributed by atoms with Gasteiger partial charge in [-0.2, -0.15) is 0 Å². The molecule has 0 unspecified atom stereocenters. The van der Waals surface area contributed by atoms with Gasteiger partial charge in [0.2, 0.25) is 10.0 Å². The summed E-state index contributed by atoms with van der Waals surface area (Å²) in [5, 5.41) is 2.79. The van der Waals surface area contributed by atoms with Crippen LogP contribution >= 0.6 is 0 Å². The molecule has 0 aromatic heterocycles. The molecule has 0 atom stereocenters. The number of benzene rings is 2. The molecule has 7 heteroatoms. The third kappa shape index (κ3) is 6.69. The SMILES string of the molecule is Cc1cc(C)cc(NC(=O)COc2ccc(S(=O)(=O)NC(C)(C)C)cc2)c1. The van der Waals surface area contributed by atoms with Crippen LogP contribution in [0.15, 0.2) is 47.4 Å². The Kier molecular flexibility index (Phi) is 6.28. The van der Waals surface area contributed by atoms with Gasteiger partial charge in [0, 0.05) is 11.2 Å². The fourth-order valence-electron chi connectivity index (χ4n) is 2.57. The lowest BCUT2D eigenvalue weighted by Gasteiger charge is -2.20. The van der Waals surface area contributed by atoms with E-state index in [1.165, 1.54) is 24.3 Å². The predicted octanol–water partition coefficient (Wildman–Crippen LogP) is 3.40. The topological polar surface area (TPSA) is 84.5 Å². The molecule has 0 aliphatic heterocycles. The smallest absolute Gasteiger partial charge is 0.262 e. The number of carbonyl (C=O) groups is 1. The van der Waals surface area contributed by atoms with Crippen molar-refractivity contribution in [2.45, 2.75) is 45.1 Å². The summed E-state index contributed by atoms with van der Waals surface area (Å²) in [6, 6.07) is 11.7. The van der Waals surface area contributed by atoms with Gasteiger partial charge in [0.15, 0.2) is 6.61 Å². The molecule has 6 nitrogen and oxygen atoms in total. The summed E-state index contributed by atoms with van der Waals surface area (Å²) in [7, 11) is -3.60. The Labute approximate surface area is 161 Å². The number of nitrogens with one attached hydrogen (secondary N) is 2. The molecule has 2 N–H and O–H groups in total. The minimum absolute atomic E-state index is 0.143. The second kappa shape index (κ2) is 8.10. The number of hydrogen-bond donors (Lipinski definition) is 2. The summed E-state index contributed by atoms with van der Waals surface area (Å²) in [6.45, 7) is 9.08. The first-order valence-corrected chi connectivity index (χ1v) is 10.1. The minimum atomic E-state index is -3.60. The van der Waals surface area contributed by atoms with E-state index in [2.05, 4.69) is 10.0 Å². The van der Waals surface area contributed by atoms with Crippen LogP contribution < -0.4 is 14.8 Å². The van der Waals surface area contributed by atoms with Gasteiger partial charge in [-0.3, -0.25) is 4.79 Å². The monoisotopic (exact) mass is 390 g/mol. The number of anilines is 1. The second-order valence-electron chi connectivity index (χ2n) is 7.54. The maximum atomic E-state index is 12.3. The quantitative estimate of drug-likeness (QED) is 0.792. The number of amides is 1. The summed E-state index contributed by atoms with van der Waals surface area (Å²) >= 11 is 0. The van der Waals surface area contributed by atoms with Gasteiger partial charge in [-0.1, -0.05) is 6.07 Å². The van der Waals surface area contributed by atoms with Crippen molar-refractivity contribution in [3.8, 4) is 5.75 Å². The highest BCUT2D eigenvalue weighted by Gasteiger charge is 2.21. The van der Waals surface area contributed by atoms with Gasteiger partial charge in [-0.15, -0.1) is 0 Å². The van der Waals surface area contributed by atoms with Crippen molar-refractivity contribution in [3.05, 3.63) is 53.6 Å². The average Bonchev–Trinajstić information content (AvgIpc) is 2.50. The molecule has 2 aromatic carbocycles. The van der Waals surface area contributed by atoms with Crippen LogP contribution in [0.2, 0.25) is 0 Å². The second-order valence-corrected chi connectivity index (χ2v) is 9.22. The van der Waals surface area contributed by atoms with Crippen LogP contribution in [0.4, 0.5) is 5.69 Å². The highest BCUT2D eigenvalue weighted by Crippen LogP contribution is 2.18. The Morgan fingerprint density at radius 1 is 1.00 bits per heavy atom. The molecule has 2 rings (SSSR count). The van der Waals surface area contributed by atoms with Crippen LogP contribution in [0.25, 0.3) is 0 Å². The maximum Gasteiger partial charge on any atom is 0.262 e. The van der Waals surface area contributed by atoms with E-state index in [4.69, 9.17) is 4.74 Å². The molecule has 1 amide bonds. The molecular weight excluding hydrogens is 364 g/mol. The highest BCUT2D eigenvalue weighted by atomic mass is 32.2. The summed E-state index contributed by atoms with van der Waals surface area (Å²) in [5.74, 6) is 0.131. The zero-order valence-corrected chi connectivity index (χ0v) is 17.1. The van der Waals surface area contributed by atoms with E-state index in [9.17, 15) is 13.2 Å². The molecule has 0 saturated carbocycles. The van der Waals surface area contributed by atoms with Crippen molar-refractivity contribution in [1.29, 1.82) is 0 Å². The standard InChI is InChI=1S/C20H26N2O4S/c1-14-10-15(2)12-16(11-14)21-19(23)13-26-17-6-8-18(9-7-17)27(24,25)22-20(3,4)5/h6-12,22H,13H2,1-5H3,(H,21,23). The van der Waals surface area contributed by atoms with E-state index in [0.717, 1.165) is 16.8 Å². The zero-order chi connectivity index (χ0) is 20.2. The molecule has 0 radical (unpaired) electrons. The molecule has 2 aromatic rings. The number of carbonyl (C=O) groups excluding carboxylic acids is 1. The fourth-order valence-corrected chi connectivity index (χ4v) is 3.99. The van der Waals surface area contributed by atoms with Gasteiger partial charge in [0.05, 0.1) is 4.90 Å².